The van der Waals surface area contributed by atoms with E-state index < -0.39 is 30.8 Å². The van der Waals surface area contributed by atoms with Gasteiger partial charge in [0.25, 0.3) is 11.8 Å². The first kappa shape index (κ1) is 19.7. The zero-order valence-corrected chi connectivity index (χ0v) is 17.1. The van der Waals surface area contributed by atoms with Crippen molar-refractivity contribution in [2.24, 2.45) is 5.73 Å². The van der Waals surface area contributed by atoms with Crippen LogP contribution in [0.2, 0.25) is 0 Å². The Morgan fingerprint density at radius 3 is 2.94 bits per heavy atom. The van der Waals surface area contributed by atoms with Gasteiger partial charge >= 0.3 is 0 Å². The molecule has 4 aromatic heterocycles. The molecule has 0 spiro atoms. The molecule has 1 fully saturated rings. The second-order valence-corrected chi connectivity index (χ2v) is 8.38. The lowest BCUT2D eigenvalue weighted by Gasteiger charge is -2.22. The molecule has 0 saturated carbocycles. The largest absolute Gasteiger partial charge is 0.328 e. The summed E-state index contributed by atoms with van der Waals surface area (Å²) in [6, 6.07) is 8.23. The van der Waals surface area contributed by atoms with Gasteiger partial charge in [-0.1, -0.05) is 6.07 Å². The molecule has 7 nitrogen and oxygen atoms in total. The van der Waals surface area contributed by atoms with E-state index in [0.29, 0.717) is 16.9 Å². The molecule has 1 atom stereocenters. The number of thiophene rings is 1. The maximum absolute atomic E-state index is 13.9. The summed E-state index contributed by atoms with van der Waals surface area (Å²) < 4.78 is 29.4. The number of hydrogen-bond donors (Lipinski definition) is 1. The van der Waals surface area contributed by atoms with Crippen LogP contribution in [0.3, 0.4) is 0 Å². The van der Waals surface area contributed by atoms with Gasteiger partial charge < -0.3 is 10.6 Å². The van der Waals surface area contributed by atoms with Crippen LogP contribution < -0.4 is 5.73 Å². The summed E-state index contributed by atoms with van der Waals surface area (Å²) in [5.74, 6) is -3.42. The van der Waals surface area contributed by atoms with Crippen LogP contribution in [0.15, 0.2) is 54.3 Å². The normalized spacial score (nSPS) is 18.0. The van der Waals surface area contributed by atoms with Crippen molar-refractivity contribution in [2.75, 3.05) is 13.1 Å². The highest BCUT2D eigenvalue weighted by atomic mass is 32.1. The Kier molecular flexibility index (Phi) is 4.75. The average Bonchev–Trinajstić information content (AvgIpc) is 3.51. The van der Waals surface area contributed by atoms with E-state index >= 15 is 0 Å². The predicted molar refractivity (Wildman–Crippen MR) is 113 cm³/mol. The van der Waals surface area contributed by atoms with E-state index in [2.05, 4.69) is 10.1 Å². The van der Waals surface area contributed by atoms with Gasteiger partial charge in [-0.05, 0) is 29.6 Å². The number of pyridine rings is 1. The number of nitrogens with two attached hydrogens (primary N) is 1. The SMILES string of the molecule is NCC1CC(F)(F)CN1C(=O)c1ccnc(-c2cnn3ccc(-c4cccs4)nc23)c1. The molecule has 2 N–H and O–H groups in total. The van der Waals surface area contributed by atoms with Gasteiger partial charge in [-0.25, -0.2) is 18.3 Å². The number of carbonyl (C=O) groups is 1. The molecule has 1 unspecified atom stereocenters. The minimum atomic E-state index is -2.93. The molecule has 31 heavy (non-hydrogen) atoms. The van der Waals surface area contributed by atoms with Crippen LogP contribution in [0.25, 0.3) is 27.5 Å². The second kappa shape index (κ2) is 7.47. The molecule has 0 aliphatic carbocycles. The molecule has 5 heterocycles. The van der Waals surface area contributed by atoms with Crippen molar-refractivity contribution in [1.29, 1.82) is 0 Å². The minimum Gasteiger partial charge on any atom is -0.328 e. The summed E-state index contributed by atoms with van der Waals surface area (Å²) in [5, 5.41) is 6.30. The maximum Gasteiger partial charge on any atom is 0.267 e. The molecule has 1 aliphatic rings. The van der Waals surface area contributed by atoms with Crippen molar-refractivity contribution >= 4 is 22.9 Å². The van der Waals surface area contributed by atoms with Crippen LogP contribution >= 0.6 is 11.3 Å². The quantitative estimate of drug-likeness (QED) is 0.526. The smallest absolute Gasteiger partial charge is 0.267 e. The first-order chi connectivity index (χ1) is 14.9. The third-order valence-electron chi connectivity index (χ3n) is 5.34. The highest BCUT2D eigenvalue weighted by molar-refractivity contribution is 7.13. The van der Waals surface area contributed by atoms with Crippen LogP contribution in [0, 0.1) is 0 Å². The maximum atomic E-state index is 13.9. The van der Waals surface area contributed by atoms with Crippen molar-refractivity contribution in [3.05, 3.63) is 59.9 Å². The number of nitrogens with zero attached hydrogens (tertiary/aromatic N) is 5. The van der Waals surface area contributed by atoms with E-state index in [-0.39, 0.29) is 12.1 Å². The molecule has 0 aromatic carbocycles. The van der Waals surface area contributed by atoms with E-state index in [9.17, 15) is 13.6 Å². The summed E-state index contributed by atoms with van der Waals surface area (Å²) in [4.78, 5) is 24.2. The van der Waals surface area contributed by atoms with Gasteiger partial charge in [0.2, 0.25) is 0 Å². The third kappa shape index (κ3) is 3.57. The molecule has 0 radical (unpaired) electrons. The molecular formula is C21H18F2N6OS. The number of amides is 1. The Morgan fingerprint density at radius 1 is 1.29 bits per heavy atom. The van der Waals surface area contributed by atoms with Crippen molar-refractivity contribution in [2.45, 2.75) is 18.4 Å². The fourth-order valence-electron chi connectivity index (χ4n) is 3.83. The van der Waals surface area contributed by atoms with Crippen LogP contribution in [0.4, 0.5) is 8.78 Å². The van der Waals surface area contributed by atoms with Gasteiger partial charge in [0.15, 0.2) is 5.65 Å². The summed E-state index contributed by atoms with van der Waals surface area (Å²) in [6.07, 6.45) is 4.51. The predicted octanol–water partition coefficient (Wildman–Crippen LogP) is 3.33. The molecule has 1 amide bonds. The molecule has 4 aromatic rings. The lowest BCUT2D eigenvalue weighted by Crippen LogP contribution is -2.40. The van der Waals surface area contributed by atoms with E-state index in [4.69, 9.17) is 10.7 Å². The molecule has 5 rings (SSSR count). The number of fused-ring (bicyclic) bond motifs is 1. The zero-order valence-electron chi connectivity index (χ0n) is 16.3. The van der Waals surface area contributed by atoms with Gasteiger partial charge in [-0.3, -0.25) is 9.78 Å². The fourth-order valence-corrected chi connectivity index (χ4v) is 4.53. The van der Waals surface area contributed by atoms with E-state index in [1.165, 1.54) is 12.3 Å². The number of alkyl halides is 2. The standard InChI is InChI=1S/C21H18F2N6OS/c22-21(23)9-14(10-24)28(12-21)20(30)13-3-5-25-17(8-13)15-11-26-29-6-4-16(27-19(15)29)18-2-1-7-31-18/h1-8,11,14H,9-10,12,24H2. The Hall–Kier alpha value is -3.24. The Morgan fingerprint density at radius 2 is 2.16 bits per heavy atom. The van der Waals surface area contributed by atoms with E-state index in [1.807, 2.05) is 29.8 Å². The molecule has 1 saturated heterocycles. The lowest BCUT2D eigenvalue weighted by atomic mass is 10.1. The number of hydrogen-bond acceptors (Lipinski definition) is 6. The first-order valence-corrected chi connectivity index (χ1v) is 10.6. The van der Waals surface area contributed by atoms with Crippen LogP contribution in [-0.2, 0) is 0 Å². The van der Waals surface area contributed by atoms with Crippen molar-refractivity contribution in [3.8, 4) is 21.8 Å². The Bertz CT molecular complexity index is 1260. The van der Waals surface area contributed by atoms with Gasteiger partial charge in [-0.15, -0.1) is 11.3 Å². The first-order valence-electron chi connectivity index (χ1n) is 9.69. The number of rotatable bonds is 4. The number of likely N-dealkylation sites (tertiary alicyclic amines) is 1. The summed E-state index contributed by atoms with van der Waals surface area (Å²) >= 11 is 1.58. The van der Waals surface area contributed by atoms with E-state index in [1.54, 1.807) is 28.1 Å². The van der Waals surface area contributed by atoms with Gasteiger partial charge in [0, 0.05) is 30.9 Å². The van der Waals surface area contributed by atoms with E-state index in [0.717, 1.165) is 15.5 Å². The zero-order chi connectivity index (χ0) is 21.6. The molecule has 158 valence electrons. The van der Waals surface area contributed by atoms with Crippen molar-refractivity contribution in [3.63, 3.8) is 0 Å². The average molecular weight is 440 g/mol. The van der Waals surface area contributed by atoms with Crippen LogP contribution in [0.5, 0.6) is 0 Å². The van der Waals surface area contributed by atoms with Crippen molar-refractivity contribution < 1.29 is 13.6 Å². The van der Waals surface area contributed by atoms with Gasteiger partial charge in [0.05, 0.1) is 40.6 Å². The molecule has 1 aliphatic heterocycles. The van der Waals surface area contributed by atoms with Crippen LogP contribution in [0.1, 0.15) is 16.8 Å². The summed E-state index contributed by atoms with van der Waals surface area (Å²) in [7, 11) is 0. The summed E-state index contributed by atoms with van der Waals surface area (Å²) in [5.41, 5.74) is 8.44. The molecular weight excluding hydrogens is 422 g/mol. The Balaban J connectivity index is 1.51. The van der Waals surface area contributed by atoms with Gasteiger partial charge in [-0.2, -0.15) is 5.10 Å². The topological polar surface area (TPSA) is 89.4 Å². The Labute approximate surface area is 180 Å². The minimum absolute atomic E-state index is 0.0112. The lowest BCUT2D eigenvalue weighted by molar-refractivity contribution is 0.0118. The number of halogens is 2. The molecule has 10 heteroatoms. The highest BCUT2D eigenvalue weighted by Gasteiger charge is 2.46. The summed E-state index contributed by atoms with van der Waals surface area (Å²) in [6.45, 7) is -0.642. The van der Waals surface area contributed by atoms with Gasteiger partial charge in [0.1, 0.15) is 0 Å². The van der Waals surface area contributed by atoms with Crippen molar-refractivity contribution in [1.82, 2.24) is 24.5 Å². The second-order valence-electron chi connectivity index (χ2n) is 7.43. The fraction of sp³-hybridized carbons (Fsp3) is 0.238. The number of carbonyl (C=O) groups excluding carboxylic acids is 1. The highest BCUT2D eigenvalue weighted by Crippen LogP contribution is 2.33. The van der Waals surface area contributed by atoms with Crippen LogP contribution in [-0.4, -0.2) is 55.4 Å². The monoisotopic (exact) mass is 440 g/mol. The molecule has 0 bridgehead atoms. The third-order valence-corrected chi connectivity index (χ3v) is 6.23. The number of aromatic nitrogens is 4.